The van der Waals surface area contributed by atoms with Gasteiger partial charge in [-0.25, -0.2) is 9.37 Å². The molecule has 1 aliphatic rings. The first-order chi connectivity index (χ1) is 12.6. The Morgan fingerprint density at radius 1 is 1.35 bits per heavy atom. The second-order valence-corrected chi connectivity index (χ2v) is 7.69. The summed E-state index contributed by atoms with van der Waals surface area (Å²) in [4.78, 5) is 23.6. The number of likely N-dealkylation sites (tertiary alicyclic amines) is 1. The third-order valence-corrected chi connectivity index (χ3v) is 5.94. The van der Waals surface area contributed by atoms with Crippen LogP contribution in [0.3, 0.4) is 0 Å². The standard InChI is InChI=1S/C20H20FN3OS/c1-13-19(26-18(23-13)12-14-6-8-15(21)9-7-14)20(25)24-11-3-5-17(24)16-4-2-10-22-16/h2,4,6-10,17,22H,3,5,11-12H2,1H3/t17-/m1/s1. The number of amides is 1. The van der Waals surface area contributed by atoms with Crippen molar-refractivity contribution in [2.75, 3.05) is 6.54 Å². The van der Waals surface area contributed by atoms with E-state index in [9.17, 15) is 9.18 Å². The number of aromatic nitrogens is 2. The van der Waals surface area contributed by atoms with Gasteiger partial charge in [0.15, 0.2) is 0 Å². The van der Waals surface area contributed by atoms with Gasteiger partial charge in [-0.15, -0.1) is 11.3 Å². The summed E-state index contributed by atoms with van der Waals surface area (Å²) in [6.45, 7) is 2.66. The number of thiazole rings is 1. The molecule has 1 atom stereocenters. The third-order valence-electron chi connectivity index (χ3n) is 4.80. The van der Waals surface area contributed by atoms with E-state index < -0.39 is 0 Å². The predicted molar refractivity (Wildman–Crippen MR) is 99.9 cm³/mol. The highest BCUT2D eigenvalue weighted by Gasteiger charge is 2.33. The molecule has 1 aromatic carbocycles. The number of H-pyrrole nitrogens is 1. The summed E-state index contributed by atoms with van der Waals surface area (Å²) in [5.74, 6) is -0.188. The van der Waals surface area contributed by atoms with E-state index in [1.165, 1.54) is 23.5 Å². The van der Waals surface area contributed by atoms with Crippen LogP contribution >= 0.6 is 11.3 Å². The van der Waals surface area contributed by atoms with Gasteiger partial charge >= 0.3 is 0 Å². The molecule has 1 amide bonds. The largest absolute Gasteiger partial charge is 0.363 e. The van der Waals surface area contributed by atoms with Crippen LogP contribution in [0.25, 0.3) is 0 Å². The third kappa shape index (κ3) is 3.29. The van der Waals surface area contributed by atoms with Crippen molar-refractivity contribution in [2.24, 2.45) is 0 Å². The Bertz CT molecular complexity index is 902. The zero-order valence-electron chi connectivity index (χ0n) is 14.5. The minimum absolute atomic E-state index is 0.0578. The number of aromatic amines is 1. The van der Waals surface area contributed by atoms with Crippen LogP contribution in [0, 0.1) is 12.7 Å². The lowest BCUT2D eigenvalue weighted by molar-refractivity contribution is 0.0737. The fourth-order valence-electron chi connectivity index (χ4n) is 3.52. The minimum Gasteiger partial charge on any atom is -0.363 e. The Hall–Kier alpha value is -2.47. The molecule has 3 heterocycles. The first kappa shape index (κ1) is 17.0. The van der Waals surface area contributed by atoms with Gasteiger partial charge in [-0.3, -0.25) is 4.79 Å². The second-order valence-electron chi connectivity index (χ2n) is 6.61. The smallest absolute Gasteiger partial charge is 0.266 e. The van der Waals surface area contributed by atoms with E-state index >= 15 is 0 Å². The number of aryl methyl sites for hydroxylation is 1. The summed E-state index contributed by atoms with van der Waals surface area (Å²) in [5.41, 5.74) is 2.85. The molecular formula is C20H20FN3OS. The van der Waals surface area contributed by atoms with Crippen molar-refractivity contribution in [3.05, 3.63) is 75.2 Å². The van der Waals surface area contributed by atoms with E-state index in [1.807, 2.05) is 30.2 Å². The molecule has 1 fully saturated rings. The molecule has 0 spiro atoms. The fourth-order valence-corrected chi connectivity index (χ4v) is 4.57. The van der Waals surface area contributed by atoms with Crippen molar-refractivity contribution in [3.8, 4) is 0 Å². The van der Waals surface area contributed by atoms with Crippen molar-refractivity contribution in [1.82, 2.24) is 14.9 Å². The van der Waals surface area contributed by atoms with Crippen LogP contribution in [-0.2, 0) is 6.42 Å². The van der Waals surface area contributed by atoms with Crippen LogP contribution in [0.1, 0.15) is 50.5 Å². The molecule has 1 aliphatic heterocycles. The number of carbonyl (C=O) groups excluding carboxylic acids is 1. The summed E-state index contributed by atoms with van der Waals surface area (Å²) >= 11 is 1.45. The van der Waals surface area contributed by atoms with Crippen LogP contribution in [0.5, 0.6) is 0 Å². The van der Waals surface area contributed by atoms with Crippen molar-refractivity contribution in [1.29, 1.82) is 0 Å². The summed E-state index contributed by atoms with van der Waals surface area (Å²) in [5, 5.41) is 0.882. The predicted octanol–water partition coefficient (Wildman–Crippen LogP) is 4.49. The monoisotopic (exact) mass is 369 g/mol. The quantitative estimate of drug-likeness (QED) is 0.737. The molecule has 0 radical (unpaired) electrons. The van der Waals surface area contributed by atoms with Gasteiger partial charge in [-0.05, 0) is 49.6 Å². The number of hydrogen-bond donors (Lipinski definition) is 1. The number of hydrogen-bond acceptors (Lipinski definition) is 3. The van der Waals surface area contributed by atoms with Gasteiger partial charge in [0.25, 0.3) is 5.91 Å². The van der Waals surface area contributed by atoms with Gasteiger partial charge in [-0.2, -0.15) is 0 Å². The van der Waals surface area contributed by atoms with Crippen LogP contribution in [0.4, 0.5) is 4.39 Å². The summed E-state index contributed by atoms with van der Waals surface area (Å²) < 4.78 is 13.1. The Labute approximate surface area is 155 Å². The van der Waals surface area contributed by atoms with E-state index in [1.54, 1.807) is 12.1 Å². The van der Waals surface area contributed by atoms with Crippen LogP contribution < -0.4 is 0 Å². The topological polar surface area (TPSA) is 49.0 Å². The summed E-state index contributed by atoms with van der Waals surface area (Å²) in [6, 6.07) is 10.5. The first-order valence-electron chi connectivity index (χ1n) is 8.77. The maximum absolute atomic E-state index is 13.1. The van der Waals surface area contributed by atoms with E-state index in [-0.39, 0.29) is 17.8 Å². The molecule has 0 bridgehead atoms. The first-order valence-corrected chi connectivity index (χ1v) is 9.58. The highest BCUT2D eigenvalue weighted by molar-refractivity contribution is 7.13. The maximum atomic E-state index is 13.1. The molecule has 6 heteroatoms. The van der Waals surface area contributed by atoms with Crippen LogP contribution in [-0.4, -0.2) is 27.3 Å². The summed E-state index contributed by atoms with van der Waals surface area (Å²) in [7, 11) is 0. The van der Waals surface area contributed by atoms with Crippen molar-refractivity contribution in [2.45, 2.75) is 32.2 Å². The number of nitrogens with zero attached hydrogens (tertiary/aromatic N) is 2. The van der Waals surface area contributed by atoms with Crippen LogP contribution in [0.2, 0.25) is 0 Å². The lowest BCUT2D eigenvalue weighted by Gasteiger charge is -2.23. The molecule has 3 aromatic rings. The molecular weight excluding hydrogens is 349 g/mol. The van der Waals surface area contributed by atoms with E-state index in [2.05, 4.69) is 9.97 Å². The van der Waals surface area contributed by atoms with E-state index in [0.29, 0.717) is 11.3 Å². The number of rotatable bonds is 4. The lowest BCUT2D eigenvalue weighted by atomic mass is 10.1. The average Bonchev–Trinajstić information content (AvgIpc) is 3.36. The zero-order chi connectivity index (χ0) is 18.1. The van der Waals surface area contributed by atoms with E-state index in [4.69, 9.17) is 0 Å². The molecule has 2 aromatic heterocycles. The number of carbonyl (C=O) groups is 1. The van der Waals surface area contributed by atoms with E-state index in [0.717, 1.165) is 41.3 Å². The van der Waals surface area contributed by atoms with Gasteiger partial charge in [0, 0.05) is 24.9 Å². The second kappa shape index (κ2) is 7.03. The number of halogens is 1. The van der Waals surface area contributed by atoms with Crippen molar-refractivity contribution >= 4 is 17.2 Å². The highest BCUT2D eigenvalue weighted by Crippen LogP contribution is 2.34. The zero-order valence-corrected chi connectivity index (χ0v) is 15.4. The SMILES string of the molecule is Cc1nc(Cc2ccc(F)cc2)sc1C(=O)N1CCC[C@@H]1c1ccc[nH]1. The van der Waals surface area contributed by atoms with Crippen LogP contribution in [0.15, 0.2) is 42.6 Å². The molecule has 1 N–H and O–H groups in total. The normalized spacial score (nSPS) is 17.0. The van der Waals surface area contributed by atoms with Crippen molar-refractivity contribution < 1.29 is 9.18 Å². The van der Waals surface area contributed by atoms with Gasteiger partial charge in [0.1, 0.15) is 10.7 Å². The average molecular weight is 369 g/mol. The number of benzene rings is 1. The molecule has 1 saturated heterocycles. The fraction of sp³-hybridized carbons (Fsp3) is 0.300. The Morgan fingerprint density at radius 2 is 2.15 bits per heavy atom. The molecule has 4 nitrogen and oxygen atoms in total. The molecule has 26 heavy (non-hydrogen) atoms. The number of nitrogens with one attached hydrogen (secondary N) is 1. The highest BCUT2D eigenvalue weighted by atomic mass is 32.1. The Balaban J connectivity index is 1.55. The van der Waals surface area contributed by atoms with Gasteiger partial charge in [0.2, 0.25) is 0 Å². The Morgan fingerprint density at radius 3 is 2.88 bits per heavy atom. The Kier molecular flexibility index (Phi) is 4.59. The molecule has 134 valence electrons. The van der Waals surface area contributed by atoms with Crippen molar-refractivity contribution in [3.63, 3.8) is 0 Å². The molecule has 0 saturated carbocycles. The molecule has 4 rings (SSSR count). The molecule has 0 unspecified atom stereocenters. The van der Waals surface area contributed by atoms with Gasteiger partial charge in [0.05, 0.1) is 16.7 Å². The molecule has 0 aliphatic carbocycles. The minimum atomic E-state index is -0.246. The maximum Gasteiger partial charge on any atom is 0.266 e. The van der Waals surface area contributed by atoms with Gasteiger partial charge < -0.3 is 9.88 Å². The lowest BCUT2D eigenvalue weighted by Crippen LogP contribution is -2.30. The van der Waals surface area contributed by atoms with Gasteiger partial charge in [-0.1, -0.05) is 12.1 Å². The summed E-state index contributed by atoms with van der Waals surface area (Å²) in [6.07, 6.45) is 4.50.